The van der Waals surface area contributed by atoms with Crippen LogP contribution in [-0.4, -0.2) is 61.3 Å². The minimum atomic E-state index is -3.73. The highest BCUT2D eigenvalue weighted by Gasteiger charge is 2.30. The number of hydrogen-bond donors (Lipinski definition) is 1. The van der Waals surface area contributed by atoms with Gasteiger partial charge in [-0.05, 0) is 37.1 Å². The number of carbonyl (C=O) groups excluding carboxylic acids is 1. The van der Waals surface area contributed by atoms with Crippen LogP contribution in [0.15, 0.2) is 29.2 Å². The summed E-state index contributed by atoms with van der Waals surface area (Å²) < 4.78 is 38.7. The van der Waals surface area contributed by atoms with Crippen LogP contribution in [0.2, 0.25) is 0 Å². The Morgan fingerprint density at radius 1 is 1.32 bits per heavy atom. The molecule has 0 aromatic heterocycles. The van der Waals surface area contributed by atoms with Crippen LogP contribution in [-0.2, 0) is 19.6 Å². The first-order valence-electron chi connectivity index (χ1n) is 7.94. The molecule has 2 rings (SSSR count). The van der Waals surface area contributed by atoms with E-state index in [1.165, 1.54) is 24.1 Å². The molecule has 0 aliphatic carbocycles. The summed E-state index contributed by atoms with van der Waals surface area (Å²) in [5.74, 6) is -2.11. The number of nitrogens with zero attached hydrogens (tertiary/aromatic N) is 2. The molecule has 1 fully saturated rings. The number of aliphatic carboxylic acids is 1. The summed E-state index contributed by atoms with van der Waals surface area (Å²) in [5, 5.41) is 8.94. The summed E-state index contributed by atoms with van der Waals surface area (Å²) in [6.45, 7) is 0.763. The smallest absolute Gasteiger partial charge is 0.308 e. The largest absolute Gasteiger partial charge is 0.481 e. The third kappa shape index (κ3) is 4.76. The maximum absolute atomic E-state index is 12.9. The Labute approximate surface area is 146 Å². The first kappa shape index (κ1) is 19.3. The molecule has 138 valence electrons. The molecule has 1 N–H and O–H groups in total. The van der Waals surface area contributed by atoms with Crippen LogP contribution in [0.5, 0.6) is 0 Å². The van der Waals surface area contributed by atoms with Crippen molar-refractivity contribution >= 4 is 21.9 Å². The fraction of sp³-hybridized carbons (Fsp3) is 0.500. The van der Waals surface area contributed by atoms with Gasteiger partial charge in [-0.3, -0.25) is 9.59 Å². The molecule has 1 atom stereocenters. The molecular weight excluding hydrogens is 351 g/mol. The Bertz CT molecular complexity index is 735. The van der Waals surface area contributed by atoms with Gasteiger partial charge >= 0.3 is 5.97 Å². The van der Waals surface area contributed by atoms with E-state index in [1.807, 2.05) is 0 Å². The van der Waals surface area contributed by atoms with Crippen LogP contribution in [0.25, 0.3) is 0 Å². The number of hydrogen-bond acceptors (Lipinski definition) is 4. The molecule has 0 saturated carbocycles. The first-order valence-corrected chi connectivity index (χ1v) is 9.38. The van der Waals surface area contributed by atoms with Crippen molar-refractivity contribution < 1.29 is 27.5 Å². The van der Waals surface area contributed by atoms with E-state index in [9.17, 15) is 22.4 Å². The molecule has 1 aromatic rings. The molecule has 1 amide bonds. The number of likely N-dealkylation sites (tertiary alicyclic amines) is 1. The predicted octanol–water partition coefficient (Wildman–Crippen LogP) is 1.16. The van der Waals surface area contributed by atoms with Gasteiger partial charge in [-0.2, -0.15) is 0 Å². The van der Waals surface area contributed by atoms with Gasteiger partial charge in [-0.25, -0.2) is 17.1 Å². The summed E-state index contributed by atoms with van der Waals surface area (Å²) in [5.41, 5.74) is 0. The number of rotatable bonds is 7. The Morgan fingerprint density at radius 3 is 2.52 bits per heavy atom. The van der Waals surface area contributed by atoms with Gasteiger partial charge in [-0.1, -0.05) is 0 Å². The maximum Gasteiger partial charge on any atom is 0.308 e. The number of carboxylic acids is 1. The Morgan fingerprint density at radius 2 is 1.96 bits per heavy atom. The van der Waals surface area contributed by atoms with Gasteiger partial charge in [0.15, 0.2) is 0 Å². The lowest BCUT2D eigenvalue weighted by Crippen LogP contribution is -2.32. The molecule has 0 radical (unpaired) electrons. The molecule has 1 aliphatic rings. The monoisotopic (exact) mass is 372 g/mol. The van der Waals surface area contributed by atoms with Crippen LogP contribution in [0.3, 0.4) is 0 Å². The average molecular weight is 372 g/mol. The Hall–Kier alpha value is -2.00. The van der Waals surface area contributed by atoms with Gasteiger partial charge < -0.3 is 10.0 Å². The highest BCUT2D eigenvalue weighted by Crippen LogP contribution is 2.18. The third-order valence-corrected chi connectivity index (χ3v) is 6.15. The molecule has 1 heterocycles. The molecule has 1 aromatic carbocycles. The molecule has 9 heteroatoms. The van der Waals surface area contributed by atoms with Crippen molar-refractivity contribution in [2.24, 2.45) is 5.92 Å². The molecule has 0 bridgehead atoms. The number of amides is 1. The van der Waals surface area contributed by atoms with E-state index >= 15 is 0 Å². The SMILES string of the molecule is CN(CCCC(=O)N1CCC(C(=O)O)C1)S(=O)(=O)c1ccc(F)cc1. The van der Waals surface area contributed by atoms with E-state index in [0.29, 0.717) is 19.4 Å². The van der Waals surface area contributed by atoms with Gasteiger partial charge in [0.1, 0.15) is 5.82 Å². The van der Waals surface area contributed by atoms with Crippen molar-refractivity contribution in [3.05, 3.63) is 30.1 Å². The van der Waals surface area contributed by atoms with Crippen molar-refractivity contribution in [2.45, 2.75) is 24.2 Å². The second-order valence-electron chi connectivity index (χ2n) is 6.05. The average Bonchev–Trinajstić information content (AvgIpc) is 3.05. The predicted molar refractivity (Wildman–Crippen MR) is 87.8 cm³/mol. The highest BCUT2D eigenvalue weighted by atomic mass is 32.2. The number of halogens is 1. The highest BCUT2D eigenvalue weighted by molar-refractivity contribution is 7.89. The normalized spacial score (nSPS) is 17.9. The molecule has 1 saturated heterocycles. The number of sulfonamides is 1. The van der Waals surface area contributed by atoms with Gasteiger partial charge in [0.2, 0.25) is 15.9 Å². The fourth-order valence-electron chi connectivity index (χ4n) is 2.71. The molecule has 7 nitrogen and oxygen atoms in total. The van der Waals surface area contributed by atoms with Gasteiger partial charge in [0.25, 0.3) is 0 Å². The van der Waals surface area contributed by atoms with Crippen molar-refractivity contribution in [3.8, 4) is 0 Å². The number of carboxylic acid groups (broad SMARTS) is 1. The lowest BCUT2D eigenvalue weighted by atomic mass is 10.1. The second-order valence-corrected chi connectivity index (χ2v) is 8.09. The summed E-state index contributed by atoms with van der Waals surface area (Å²) in [6, 6.07) is 4.55. The fourth-order valence-corrected chi connectivity index (χ4v) is 3.92. The van der Waals surface area contributed by atoms with Crippen LogP contribution in [0.4, 0.5) is 4.39 Å². The minimum Gasteiger partial charge on any atom is -0.481 e. The zero-order valence-corrected chi connectivity index (χ0v) is 14.7. The van der Waals surface area contributed by atoms with Crippen LogP contribution < -0.4 is 0 Å². The standard InChI is InChI=1S/C16H21FN2O5S/c1-18(25(23,24)14-6-4-13(17)5-7-14)9-2-3-15(20)19-10-8-12(11-19)16(21)22/h4-7,12H,2-3,8-11H2,1H3,(H,21,22). The van der Waals surface area contributed by atoms with Crippen molar-refractivity contribution in [2.75, 3.05) is 26.7 Å². The summed E-state index contributed by atoms with van der Waals surface area (Å²) >= 11 is 0. The van der Waals surface area contributed by atoms with E-state index in [2.05, 4.69) is 0 Å². The minimum absolute atomic E-state index is 0.00781. The van der Waals surface area contributed by atoms with Crippen LogP contribution in [0.1, 0.15) is 19.3 Å². The maximum atomic E-state index is 12.9. The summed E-state index contributed by atoms with van der Waals surface area (Å²) in [6.07, 6.45) is 0.916. The lowest BCUT2D eigenvalue weighted by Gasteiger charge is -2.19. The van der Waals surface area contributed by atoms with Crippen molar-refractivity contribution in [3.63, 3.8) is 0 Å². The second kappa shape index (κ2) is 7.92. The number of benzene rings is 1. The Balaban J connectivity index is 1.83. The quantitative estimate of drug-likeness (QED) is 0.775. The first-order chi connectivity index (χ1) is 11.7. The van der Waals surface area contributed by atoms with E-state index < -0.39 is 27.7 Å². The molecule has 25 heavy (non-hydrogen) atoms. The summed E-state index contributed by atoms with van der Waals surface area (Å²) in [7, 11) is -2.33. The third-order valence-electron chi connectivity index (χ3n) is 4.28. The molecular formula is C16H21FN2O5S. The summed E-state index contributed by atoms with van der Waals surface area (Å²) in [4.78, 5) is 24.5. The van der Waals surface area contributed by atoms with Crippen molar-refractivity contribution in [1.29, 1.82) is 0 Å². The van der Waals surface area contributed by atoms with E-state index in [1.54, 1.807) is 0 Å². The topological polar surface area (TPSA) is 95.0 Å². The zero-order chi connectivity index (χ0) is 18.6. The molecule has 1 aliphatic heterocycles. The van der Waals surface area contributed by atoms with Gasteiger partial charge in [0, 0.05) is 33.1 Å². The van der Waals surface area contributed by atoms with E-state index in [-0.39, 0.29) is 30.3 Å². The van der Waals surface area contributed by atoms with E-state index in [0.717, 1.165) is 16.4 Å². The van der Waals surface area contributed by atoms with Crippen LogP contribution >= 0.6 is 0 Å². The van der Waals surface area contributed by atoms with E-state index in [4.69, 9.17) is 5.11 Å². The lowest BCUT2D eigenvalue weighted by molar-refractivity contribution is -0.141. The van der Waals surface area contributed by atoms with Gasteiger partial charge in [0.05, 0.1) is 10.8 Å². The van der Waals surface area contributed by atoms with Crippen molar-refractivity contribution in [1.82, 2.24) is 9.21 Å². The van der Waals surface area contributed by atoms with Crippen LogP contribution in [0, 0.1) is 11.7 Å². The molecule has 1 unspecified atom stereocenters. The van der Waals surface area contributed by atoms with Gasteiger partial charge in [-0.15, -0.1) is 0 Å². The molecule has 0 spiro atoms. The Kier molecular flexibility index (Phi) is 6.12. The zero-order valence-electron chi connectivity index (χ0n) is 13.9. The number of carbonyl (C=O) groups is 2.